The van der Waals surface area contributed by atoms with Gasteiger partial charge < -0.3 is 0 Å². The van der Waals surface area contributed by atoms with E-state index in [-0.39, 0.29) is 0 Å². The van der Waals surface area contributed by atoms with E-state index >= 15 is 0 Å². The average molecular weight is 740 g/mol. The van der Waals surface area contributed by atoms with Crippen LogP contribution in [0.5, 0.6) is 0 Å². The molecule has 0 radical (unpaired) electrons. The van der Waals surface area contributed by atoms with Crippen molar-refractivity contribution in [2.45, 2.75) is 0 Å². The fourth-order valence-electron chi connectivity index (χ4n) is 7.74. The summed E-state index contributed by atoms with van der Waals surface area (Å²) < 4.78 is 0. The van der Waals surface area contributed by atoms with Crippen molar-refractivity contribution in [1.29, 1.82) is 0 Å². The van der Waals surface area contributed by atoms with Crippen LogP contribution in [0.3, 0.4) is 0 Å². The highest BCUT2D eigenvalue weighted by molar-refractivity contribution is 5.97. The number of aromatic nitrogens is 3. The minimum Gasteiger partial charge on any atom is -0.208 e. The Balaban J connectivity index is 1.09. The fraction of sp³-hybridized carbons (Fsp3) is 0. The Bertz CT molecular complexity index is 2990. The number of rotatable bonds is 8. The van der Waals surface area contributed by atoms with Crippen LogP contribution in [0.1, 0.15) is 0 Å². The van der Waals surface area contributed by atoms with Crippen LogP contribution in [0.4, 0.5) is 0 Å². The summed E-state index contributed by atoms with van der Waals surface area (Å²) in [5.74, 6) is 1.86. The predicted octanol–water partition coefficient (Wildman–Crippen LogP) is 14.4. The lowest BCUT2D eigenvalue weighted by Crippen LogP contribution is -2.01. The molecule has 0 bridgehead atoms. The van der Waals surface area contributed by atoms with Crippen LogP contribution in [0, 0.1) is 0 Å². The number of benzene rings is 9. The van der Waals surface area contributed by atoms with E-state index in [1.165, 1.54) is 27.5 Å². The third-order valence-electron chi connectivity index (χ3n) is 10.8. The predicted molar refractivity (Wildman–Crippen MR) is 241 cm³/mol. The van der Waals surface area contributed by atoms with Crippen molar-refractivity contribution in [3.8, 4) is 89.8 Å². The molecule has 10 rings (SSSR count). The first-order valence-electron chi connectivity index (χ1n) is 19.6. The highest BCUT2D eigenvalue weighted by Crippen LogP contribution is 2.37. The molecule has 0 amide bonds. The molecule has 0 atom stereocenters. The molecule has 9 aromatic carbocycles. The smallest absolute Gasteiger partial charge is 0.164 e. The molecule has 10 aromatic rings. The zero-order valence-electron chi connectivity index (χ0n) is 31.7. The van der Waals surface area contributed by atoms with E-state index in [4.69, 9.17) is 15.0 Å². The molecule has 3 nitrogen and oxygen atoms in total. The summed E-state index contributed by atoms with van der Waals surface area (Å²) in [6.07, 6.45) is 0. The van der Waals surface area contributed by atoms with Crippen molar-refractivity contribution in [2.75, 3.05) is 0 Å². The normalized spacial score (nSPS) is 11.1. The molecule has 0 N–H and O–H groups in total. The van der Waals surface area contributed by atoms with Crippen LogP contribution in [0.15, 0.2) is 224 Å². The summed E-state index contributed by atoms with van der Waals surface area (Å²) in [5.41, 5.74) is 14.2. The van der Waals surface area contributed by atoms with Gasteiger partial charge in [0.2, 0.25) is 0 Å². The third-order valence-corrected chi connectivity index (χ3v) is 10.8. The molecular weight excluding hydrogens is 703 g/mol. The lowest BCUT2D eigenvalue weighted by Gasteiger charge is -2.14. The summed E-state index contributed by atoms with van der Waals surface area (Å²) >= 11 is 0. The Kier molecular flexibility index (Phi) is 9.23. The largest absolute Gasteiger partial charge is 0.208 e. The number of nitrogens with zero attached hydrogens (tertiary/aromatic N) is 3. The Morgan fingerprint density at radius 2 is 0.586 bits per heavy atom. The van der Waals surface area contributed by atoms with E-state index in [1.54, 1.807) is 0 Å². The van der Waals surface area contributed by atoms with E-state index in [9.17, 15) is 0 Å². The van der Waals surface area contributed by atoms with E-state index < -0.39 is 0 Å². The van der Waals surface area contributed by atoms with Crippen LogP contribution in [0.25, 0.3) is 101 Å². The van der Waals surface area contributed by atoms with Crippen molar-refractivity contribution in [3.05, 3.63) is 224 Å². The number of hydrogen-bond donors (Lipinski definition) is 0. The molecule has 0 saturated carbocycles. The maximum Gasteiger partial charge on any atom is 0.164 e. The van der Waals surface area contributed by atoms with Crippen LogP contribution in [0.2, 0.25) is 0 Å². The van der Waals surface area contributed by atoms with Gasteiger partial charge in [0.25, 0.3) is 0 Å². The minimum absolute atomic E-state index is 0.619. The SMILES string of the molecule is c1ccc(-c2ccc(-c3ccc(-c4nc(-c5ccc(-c6cccc7ccccc67)cc5)nc(-c5cc(-c6ccccc6)ccc5-c5ccccc5)n4)cc3)cc2)cc1. The minimum atomic E-state index is 0.619. The van der Waals surface area contributed by atoms with Crippen LogP contribution in [-0.4, -0.2) is 15.0 Å². The molecule has 0 fully saturated rings. The summed E-state index contributed by atoms with van der Waals surface area (Å²) in [5, 5.41) is 2.45. The molecule has 0 aliphatic carbocycles. The molecule has 272 valence electrons. The van der Waals surface area contributed by atoms with Gasteiger partial charge in [-0.05, 0) is 72.5 Å². The second-order valence-electron chi connectivity index (χ2n) is 14.4. The first-order valence-corrected chi connectivity index (χ1v) is 19.6. The third kappa shape index (κ3) is 6.98. The van der Waals surface area contributed by atoms with Gasteiger partial charge in [-0.1, -0.05) is 218 Å². The van der Waals surface area contributed by atoms with E-state index in [1.807, 2.05) is 18.2 Å². The van der Waals surface area contributed by atoms with Crippen molar-refractivity contribution < 1.29 is 0 Å². The van der Waals surface area contributed by atoms with Gasteiger partial charge >= 0.3 is 0 Å². The van der Waals surface area contributed by atoms with E-state index in [0.717, 1.165) is 55.6 Å². The highest BCUT2D eigenvalue weighted by Gasteiger charge is 2.18. The van der Waals surface area contributed by atoms with Gasteiger partial charge in [-0.2, -0.15) is 0 Å². The van der Waals surface area contributed by atoms with Gasteiger partial charge in [0.05, 0.1) is 0 Å². The standard InChI is InChI=1S/C55H37N3/c1-4-13-38(14-5-1)40-23-25-41(26-24-40)42-27-31-46(32-28-42)53-56-54(47-33-29-45(30-34-47)50-22-12-20-44-19-10-11-21-49(44)50)58-55(57-53)52-37-48(39-15-6-2-7-16-39)35-36-51(52)43-17-8-3-9-18-43/h1-37H. The first-order chi connectivity index (χ1) is 28.7. The Morgan fingerprint density at radius 3 is 1.16 bits per heavy atom. The van der Waals surface area contributed by atoms with Gasteiger partial charge in [0.15, 0.2) is 17.5 Å². The Morgan fingerprint density at radius 1 is 0.207 bits per heavy atom. The average Bonchev–Trinajstić information content (AvgIpc) is 3.32. The molecule has 0 unspecified atom stereocenters. The van der Waals surface area contributed by atoms with Gasteiger partial charge in [0.1, 0.15) is 0 Å². The molecule has 3 heteroatoms. The van der Waals surface area contributed by atoms with Crippen LogP contribution < -0.4 is 0 Å². The number of hydrogen-bond acceptors (Lipinski definition) is 3. The van der Waals surface area contributed by atoms with Gasteiger partial charge in [-0.3, -0.25) is 0 Å². The van der Waals surface area contributed by atoms with Crippen molar-refractivity contribution in [1.82, 2.24) is 15.0 Å². The van der Waals surface area contributed by atoms with Gasteiger partial charge in [0, 0.05) is 16.7 Å². The van der Waals surface area contributed by atoms with Crippen LogP contribution in [-0.2, 0) is 0 Å². The molecule has 0 spiro atoms. The van der Waals surface area contributed by atoms with Crippen molar-refractivity contribution in [3.63, 3.8) is 0 Å². The Hall–Kier alpha value is -7.75. The second-order valence-corrected chi connectivity index (χ2v) is 14.4. The summed E-state index contributed by atoms with van der Waals surface area (Å²) in [6, 6.07) is 78.8. The summed E-state index contributed by atoms with van der Waals surface area (Å²) in [4.78, 5) is 15.7. The molecule has 0 saturated heterocycles. The van der Waals surface area contributed by atoms with Crippen molar-refractivity contribution in [2.24, 2.45) is 0 Å². The fourth-order valence-corrected chi connectivity index (χ4v) is 7.74. The number of fused-ring (bicyclic) bond motifs is 1. The van der Waals surface area contributed by atoms with Crippen molar-refractivity contribution >= 4 is 10.8 Å². The summed E-state index contributed by atoms with van der Waals surface area (Å²) in [7, 11) is 0. The zero-order valence-corrected chi connectivity index (χ0v) is 31.7. The highest BCUT2D eigenvalue weighted by atomic mass is 15.0. The second kappa shape index (κ2) is 15.4. The lowest BCUT2D eigenvalue weighted by atomic mass is 9.94. The van der Waals surface area contributed by atoms with Gasteiger partial charge in [-0.15, -0.1) is 0 Å². The monoisotopic (exact) mass is 739 g/mol. The molecule has 1 heterocycles. The molecule has 0 aliphatic heterocycles. The lowest BCUT2D eigenvalue weighted by molar-refractivity contribution is 1.07. The molecular formula is C55H37N3. The maximum atomic E-state index is 5.25. The quantitative estimate of drug-likeness (QED) is 0.156. The van der Waals surface area contributed by atoms with Crippen LogP contribution >= 0.6 is 0 Å². The molecule has 58 heavy (non-hydrogen) atoms. The molecule has 1 aromatic heterocycles. The Labute approximate surface area is 338 Å². The maximum absolute atomic E-state index is 5.25. The van der Waals surface area contributed by atoms with Gasteiger partial charge in [-0.25, -0.2) is 15.0 Å². The topological polar surface area (TPSA) is 38.7 Å². The zero-order chi connectivity index (χ0) is 38.7. The summed E-state index contributed by atoms with van der Waals surface area (Å²) in [6.45, 7) is 0. The first kappa shape index (κ1) is 34.7. The molecule has 0 aliphatic rings. The van der Waals surface area contributed by atoms with E-state index in [2.05, 4.69) is 206 Å². The van der Waals surface area contributed by atoms with E-state index in [0.29, 0.717) is 17.5 Å².